The maximum atomic E-state index is 12.7. The van der Waals surface area contributed by atoms with E-state index in [1.54, 1.807) is 30.3 Å². The number of hydrogen-bond acceptors (Lipinski definition) is 8. The smallest absolute Gasteiger partial charge is 0.343 e. The molecule has 0 unspecified atom stereocenters. The Bertz CT molecular complexity index is 1600. The summed E-state index contributed by atoms with van der Waals surface area (Å²) >= 11 is 5.91. The van der Waals surface area contributed by atoms with Crippen LogP contribution in [-0.2, 0) is 4.79 Å². The summed E-state index contributed by atoms with van der Waals surface area (Å²) in [6, 6.07) is 20.2. The quantitative estimate of drug-likeness (QED) is 0.122. The van der Waals surface area contributed by atoms with Gasteiger partial charge >= 0.3 is 5.97 Å². The van der Waals surface area contributed by atoms with E-state index in [9.17, 15) is 14.4 Å². The predicted octanol–water partition coefficient (Wildman–Crippen LogP) is 4.62. The summed E-state index contributed by atoms with van der Waals surface area (Å²) in [5, 5.41) is 8.68. The van der Waals surface area contributed by atoms with Crippen LogP contribution >= 0.6 is 11.6 Å². The van der Waals surface area contributed by atoms with Crippen molar-refractivity contribution in [2.24, 2.45) is 5.10 Å². The Balaban J connectivity index is 1.46. The van der Waals surface area contributed by atoms with Gasteiger partial charge in [0, 0.05) is 16.1 Å². The number of amides is 2. The summed E-state index contributed by atoms with van der Waals surface area (Å²) in [6.45, 7) is -0.360. The number of carbonyl (C=O) groups excluding carboxylic acids is 3. The molecule has 0 aliphatic carbocycles. The minimum absolute atomic E-state index is 0.207. The van der Waals surface area contributed by atoms with Crippen LogP contribution in [0.3, 0.4) is 0 Å². The number of fused-ring (bicyclic) bond motifs is 1. The van der Waals surface area contributed by atoms with Crippen molar-refractivity contribution in [1.82, 2.24) is 10.7 Å². The lowest BCUT2D eigenvalue weighted by atomic mass is 10.0. The molecule has 0 fully saturated rings. The molecule has 2 amide bonds. The highest BCUT2D eigenvalue weighted by molar-refractivity contribution is 6.30. The summed E-state index contributed by atoms with van der Waals surface area (Å²) < 4.78 is 21.4. The zero-order valence-electron chi connectivity index (χ0n) is 22.4. The number of ether oxygens (including phenoxy) is 4. The van der Waals surface area contributed by atoms with Crippen LogP contribution in [0, 0.1) is 0 Å². The van der Waals surface area contributed by atoms with E-state index >= 15 is 0 Å². The Kier molecular flexibility index (Phi) is 9.39. The fraction of sp³-hybridized carbons (Fsp3) is 0.133. The number of rotatable bonds is 10. The first-order chi connectivity index (χ1) is 19.8. The standard InChI is InChI=1S/C30H26ClN3O7/c1-38-25-14-20(15-26(39-2)28(25)40-3)29(36)32-17-27(35)34-33-16-23-22-7-5-4-6-18(22)10-13-24(23)41-30(37)19-8-11-21(31)12-9-19/h4-16H,17H2,1-3H3,(H,32,36)(H,34,35)/b33-16+. The van der Waals surface area contributed by atoms with Gasteiger partial charge in [0.05, 0.1) is 39.7 Å². The first kappa shape index (κ1) is 28.9. The number of halogens is 1. The van der Waals surface area contributed by atoms with Crippen molar-refractivity contribution in [3.63, 3.8) is 0 Å². The maximum Gasteiger partial charge on any atom is 0.343 e. The molecule has 0 bridgehead atoms. The number of nitrogens with one attached hydrogen (secondary N) is 2. The highest BCUT2D eigenvalue weighted by atomic mass is 35.5. The predicted molar refractivity (Wildman–Crippen MR) is 155 cm³/mol. The van der Waals surface area contributed by atoms with E-state index in [1.165, 1.54) is 39.7 Å². The third-order valence-corrected chi connectivity index (χ3v) is 6.18. The normalized spacial score (nSPS) is 10.7. The molecule has 0 radical (unpaired) electrons. The Labute approximate surface area is 240 Å². The molecule has 4 aromatic rings. The molecule has 0 aromatic heterocycles. The fourth-order valence-corrected chi connectivity index (χ4v) is 4.05. The Morgan fingerprint density at radius 1 is 0.829 bits per heavy atom. The van der Waals surface area contributed by atoms with E-state index in [0.29, 0.717) is 33.4 Å². The number of nitrogens with zero attached hydrogens (tertiary/aromatic N) is 1. The van der Waals surface area contributed by atoms with Crippen LogP contribution in [0.4, 0.5) is 0 Å². The molecule has 10 nitrogen and oxygen atoms in total. The van der Waals surface area contributed by atoms with E-state index in [1.807, 2.05) is 30.3 Å². The highest BCUT2D eigenvalue weighted by Gasteiger charge is 2.18. The number of hydrazone groups is 1. The number of carbonyl (C=O) groups is 3. The van der Waals surface area contributed by atoms with Crippen molar-refractivity contribution in [1.29, 1.82) is 0 Å². The van der Waals surface area contributed by atoms with E-state index in [4.69, 9.17) is 30.5 Å². The van der Waals surface area contributed by atoms with Gasteiger partial charge in [0.2, 0.25) is 5.75 Å². The van der Waals surface area contributed by atoms with Gasteiger partial charge in [0.1, 0.15) is 5.75 Å². The first-order valence-electron chi connectivity index (χ1n) is 12.2. The summed E-state index contributed by atoms with van der Waals surface area (Å²) in [6.07, 6.45) is 1.38. The van der Waals surface area contributed by atoms with Gasteiger partial charge in [-0.05, 0) is 53.2 Å². The second-order valence-electron chi connectivity index (χ2n) is 8.48. The molecule has 0 aliphatic rings. The monoisotopic (exact) mass is 575 g/mol. The molecule has 41 heavy (non-hydrogen) atoms. The maximum absolute atomic E-state index is 12.7. The zero-order valence-corrected chi connectivity index (χ0v) is 23.2. The Morgan fingerprint density at radius 2 is 1.51 bits per heavy atom. The minimum Gasteiger partial charge on any atom is -0.493 e. The van der Waals surface area contributed by atoms with Crippen molar-refractivity contribution < 1.29 is 33.3 Å². The molecule has 4 aromatic carbocycles. The summed E-state index contributed by atoms with van der Waals surface area (Å²) in [4.78, 5) is 37.9. The van der Waals surface area contributed by atoms with Crippen molar-refractivity contribution in [3.05, 3.63) is 94.5 Å². The van der Waals surface area contributed by atoms with Crippen LogP contribution in [0.5, 0.6) is 23.0 Å². The molecule has 0 heterocycles. The SMILES string of the molecule is COc1cc(C(=O)NCC(=O)N/N=C/c2c(OC(=O)c3ccc(Cl)cc3)ccc3ccccc23)cc(OC)c1OC. The summed E-state index contributed by atoms with van der Waals surface area (Å²) in [7, 11) is 4.32. The molecule has 2 N–H and O–H groups in total. The van der Waals surface area contributed by atoms with E-state index < -0.39 is 17.8 Å². The number of esters is 1. The van der Waals surface area contributed by atoms with Gasteiger partial charge in [-0.2, -0.15) is 5.10 Å². The van der Waals surface area contributed by atoms with Gasteiger partial charge < -0.3 is 24.3 Å². The first-order valence-corrected chi connectivity index (χ1v) is 12.6. The molecule has 0 spiro atoms. The largest absolute Gasteiger partial charge is 0.493 e. The van der Waals surface area contributed by atoms with E-state index in [-0.39, 0.29) is 17.9 Å². The van der Waals surface area contributed by atoms with Crippen LogP contribution in [0.2, 0.25) is 5.02 Å². The molecule has 0 saturated carbocycles. The highest BCUT2D eigenvalue weighted by Crippen LogP contribution is 2.38. The van der Waals surface area contributed by atoms with Gasteiger partial charge in [-0.3, -0.25) is 9.59 Å². The Morgan fingerprint density at radius 3 is 2.17 bits per heavy atom. The van der Waals surface area contributed by atoms with E-state index in [2.05, 4.69) is 15.8 Å². The molecule has 0 aliphatic heterocycles. The topological polar surface area (TPSA) is 125 Å². The van der Waals surface area contributed by atoms with Crippen LogP contribution in [0.25, 0.3) is 10.8 Å². The third-order valence-electron chi connectivity index (χ3n) is 5.93. The number of hydrogen-bond donors (Lipinski definition) is 2. The lowest BCUT2D eigenvalue weighted by molar-refractivity contribution is -0.120. The molecular formula is C30H26ClN3O7. The van der Waals surface area contributed by atoms with Crippen LogP contribution < -0.4 is 29.7 Å². The molecule has 0 atom stereocenters. The second kappa shape index (κ2) is 13.3. The van der Waals surface area contributed by atoms with Crippen LogP contribution in [0.1, 0.15) is 26.3 Å². The number of methoxy groups -OCH3 is 3. The van der Waals surface area contributed by atoms with Crippen LogP contribution in [0.15, 0.2) is 77.9 Å². The Hall–Kier alpha value is -5.09. The number of benzene rings is 4. The van der Waals surface area contributed by atoms with Crippen molar-refractivity contribution >= 4 is 46.4 Å². The zero-order chi connectivity index (χ0) is 29.4. The van der Waals surface area contributed by atoms with Gasteiger partial charge in [0.15, 0.2) is 11.5 Å². The molecule has 11 heteroatoms. The molecule has 4 rings (SSSR count). The van der Waals surface area contributed by atoms with Crippen LogP contribution in [-0.4, -0.2) is 51.9 Å². The van der Waals surface area contributed by atoms with Crippen molar-refractivity contribution in [2.45, 2.75) is 0 Å². The minimum atomic E-state index is -0.581. The lowest BCUT2D eigenvalue weighted by Crippen LogP contribution is -2.35. The van der Waals surface area contributed by atoms with Gasteiger partial charge in [-0.1, -0.05) is 41.9 Å². The lowest BCUT2D eigenvalue weighted by Gasteiger charge is -2.14. The second-order valence-corrected chi connectivity index (χ2v) is 8.92. The average Bonchev–Trinajstić information content (AvgIpc) is 3.00. The van der Waals surface area contributed by atoms with Crippen molar-refractivity contribution in [2.75, 3.05) is 27.9 Å². The summed E-state index contributed by atoms with van der Waals surface area (Å²) in [5.41, 5.74) is 3.38. The third kappa shape index (κ3) is 6.92. The van der Waals surface area contributed by atoms with Crippen molar-refractivity contribution in [3.8, 4) is 23.0 Å². The molecule has 0 saturated heterocycles. The van der Waals surface area contributed by atoms with Gasteiger partial charge in [0.25, 0.3) is 11.8 Å². The molecular weight excluding hydrogens is 550 g/mol. The fourth-order valence-electron chi connectivity index (χ4n) is 3.93. The van der Waals surface area contributed by atoms with Gasteiger partial charge in [-0.25, -0.2) is 10.2 Å². The van der Waals surface area contributed by atoms with E-state index in [0.717, 1.165) is 10.8 Å². The summed E-state index contributed by atoms with van der Waals surface area (Å²) in [5.74, 6) is -0.508. The average molecular weight is 576 g/mol. The molecule has 210 valence electrons. The van der Waals surface area contributed by atoms with Gasteiger partial charge in [-0.15, -0.1) is 0 Å².